The first-order valence-electron chi connectivity index (χ1n) is 11.0. The van der Waals surface area contributed by atoms with Crippen molar-refractivity contribution in [3.63, 3.8) is 0 Å². The van der Waals surface area contributed by atoms with E-state index in [1.54, 1.807) is 0 Å². The smallest absolute Gasteiger partial charge is 1.00 e. The Hall–Kier alpha value is 1.52. The molecule has 0 aromatic heterocycles. The van der Waals surface area contributed by atoms with Crippen LogP contribution >= 0.6 is 0 Å². The maximum absolute atomic E-state index is 10.4. The first-order chi connectivity index (χ1) is 11.8. The molecule has 1 N–H and O–H groups in total. The third-order valence-corrected chi connectivity index (χ3v) is 4.99. The van der Waals surface area contributed by atoms with Crippen molar-refractivity contribution >= 4 is 5.97 Å². The molecule has 3 heteroatoms. The van der Waals surface area contributed by atoms with Crippen molar-refractivity contribution in [3.8, 4) is 0 Å². The molecule has 0 aliphatic heterocycles. The summed E-state index contributed by atoms with van der Waals surface area (Å²) in [5, 5.41) is 8.56. The van der Waals surface area contributed by atoms with Gasteiger partial charge in [-0.2, -0.15) is 0 Å². The van der Waals surface area contributed by atoms with Gasteiger partial charge in [0.05, 0.1) is 0 Å². The van der Waals surface area contributed by atoms with E-state index < -0.39 is 5.97 Å². The van der Waals surface area contributed by atoms with Crippen LogP contribution in [-0.4, -0.2) is 11.1 Å². The number of hydrogen-bond acceptors (Lipinski definition) is 1. The zero-order chi connectivity index (χ0) is 17.7. The van der Waals surface area contributed by atoms with Crippen LogP contribution in [0.3, 0.4) is 0 Å². The quantitative estimate of drug-likeness (QED) is 0.252. The molecule has 0 heterocycles. The largest absolute Gasteiger partial charge is 1.00 e. The summed E-state index contributed by atoms with van der Waals surface area (Å²) in [6.07, 6.45) is 26.1. The Morgan fingerprint density at radius 1 is 0.560 bits per heavy atom. The van der Waals surface area contributed by atoms with E-state index in [1.165, 1.54) is 109 Å². The Labute approximate surface area is 218 Å². The second-order valence-corrected chi connectivity index (χ2v) is 7.51. The van der Waals surface area contributed by atoms with Crippen molar-refractivity contribution in [2.24, 2.45) is 0 Å². The summed E-state index contributed by atoms with van der Waals surface area (Å²) in [5.74, 6) is -0.651. The van der Waals surface area contributed by atoms with Gasteiger partial charge in [0.2, 0.25) is 0 Å². The van der Waals surface area contributed by atoms with E-state index in [2.05, 4.69) is 6.92 Å². The molecule has 0 unspecified atom stereocenters. The fourth-order valence-electron chi connectivity index (χ4n) is 3.35. The number of aliphatic carboxylic acids is 1. The molecule has 0 saturated heterocycles. The third-order valence-electron chi connectivity index (χ3n) is 4.99. The summed E-state index contributed by atoms with van der Waals surface area (Å²) >= 11 is 0. The molecule has 0 aromatic rings. The van der Waals surface area contributed by atoms with Gasteiger partial charge in [-0.15, -0.1) is 0 Å². The Bertz CT molecular complexity index is 263. The van der Waals surface area contributed by atoms with Crippen LogP contribution in [0.15, 0.2) is 0 Å². The summed E-state index contributed by atoms with van der Waals surface area (Å²) in [6, 6.07) is 0. The van der Waals surface area contributed by atoms with E-state index in [0.717, 1.165) is 12.8 Å². The number of carboxylic acids is 1. The van der Waals surface area contributed by atoms with E-state index in [4.69, 9.17) is 5.11 Å². The first-order valence-corrected chi connectivity index (χ1v) is 11.0. The van der Waals surface area contributed by atoms with Crippen LogP contribution in [0.4, 0.5) is 0 Å². The standard InChI is InChI=1S/C22H44O2.Cs.H/c1-2-3-4-5-6-7-8-9-10-11-12-13-14-15-16-17-18-19-20-21-22(23)24;;/h2-21H2,1H3,(H,23,24);;/q;+1;-1. The predicted octanol–water partition coefficient (Wildman–Crippen LogP) is 5.01. The molecular formula is C22H45CsO2. The van der Waals surface area contributed by atoms with E-state index in [1.807, 2.05) is 0 Å². The minimum Gasteiger partial charge on any atom is -1.00 e. The van der Waals surface area contributed by atoms with Gasteiger partial charge >= 0.3 is 74.9 Å². The molecule has 25 heavy (non-hydrogen) atoms. The predicted molar refractivity (Wildman–Crippen MR) is 107 cm³/mol. The van der Waals surface area contributed by atoms with Crippen LogP contribution in [0, 0.1) is 0 Å². The van der Waals surface area contributed by atoms with Gasteiger partial charge in [-0.25, -0.2) is 0 Å². The molecule has 0 saturated carbocycles. The molecule has 0 radical (unpaired) electrons. The number of carboxylic acid groups (broad SMARTS) is 1. The van der Waals surface area contributed by atoms with Crippen molar-refractivity contribution in [3.05, 3.63) is 0 Å². The van der Waals surface area contributed by atoms with E-state index in [9.17, 15) is 4.79 Å². The van der Waals surface area contributed by atoms with Gasteiger partial charge in [-0.3, -0.25) is 4.79 Å². The number of hydrogen-bond donors (Lipinski definition) is 1. The van der Waals surface area contributed by atoms with Crippen molar-refractivity contribution in [2.45, 2.75) is 135 Å². The van der Waals surface area contributed by atoms with Gasteiger partial charge in [0.25, 0.3) is 0 Å². The maximum Gasteiger partial charge on any atom is 1.00 e. The SMILES string of the molecule is CCCCCCCCCCCCCCCCCCCCCC(=O)O.[Cs+].[H-]. The van der Waals surface area contributed by atoms with Gasteiger partial charge in [-0.05, 0) is 6.42 Å². The van der Waals surface area contributed by atoms with Gasteiger partial charge in [0.1, 0.15) is 0 Å². The topological polar surface area (TPSA) is 37.3 Å². The summed E-state index contributed by atoms with van der Waals surface area (Å²) < 4.78 is 0. The Morgan fingerprint density at radius 3 is 1.04 bits per heavy atom. The zero-order valence-corrected chi connectivity index (χ0v) is 23.8. The van der Waals surface area contributed by atoms with Crippen molar-refractivity contribution in [1.82, 2.24) is 0 Å². The van der Waals surface area contributed by atoms with Crippen molar-refractivity contribution in [1.29, 1.82) is 0 Å². The maximum atomic E-state index is 10.4. The molecule has 2 nitrogen and oxygen atoms in total. The monoisotopic (exact) mass is 474 g/mol. The van der Waals surface area contributed by atoms with E-state index in [-0.39, 0.29) is 70.3 Å². The second-order valence-electron chi connectivity index (χ2n) is 7.51. The van der Waals surface area contributed by atoms with E-state index >= 15 is 0 Å². The van der Waals surface area contributed by atoms with Crippen LogP contribution < -0.4 is 68.9 Å². The first kappa shape index (κ1) is 28.7. The number of carbonyl (C=O) groups is 1. The minimum absolute atomic E-state index is 0. The summed E-state index contributed by atoms with van der Waals surface area (Å²) in [5.41, 5.74) is 0. The molecule has 0 aromatic carbocycles. The van der Waals surface area contributed by atoms with Crippen LogP contribution in [0.5, 0.6) is 0 Å². The molecule has 0 atom stereocenters. The molecule has 0 aliphatic rings. The van der Waals surface area contributed by atoms with Crippen molar-refractivity contribution < 1.29 is 80.2 Å². The molecule has 0 bridgehead atoms. The molecule has 0 fully saturated rings. The van der Waals surface area contributed by atoms with E-state index in [0.29, 0.717) is 6.42 Å². The fourth-order valence-corrected chi connectivity index (χ4v) is 3.35. The van der Waals surface area contributed by atoms with Crippen LogP contribution in [0.1, 0.15) is 137 Å². The summed E-state index contributed by atoms with van der Waals surface area (Å²) in [6.45, 7) is 2.28. The Kier molecular flexibility index (Phi) is 29.3. The fraction of sp³-hybridized carbons (Fsp3) is 0.955. The van der Waals surface area contributed by atoms with Crippen LogP contribution in [0.25, 0.3) is 0 Å². The normalized spacial score (nSPS) is 10.6. The average Bonchev–Trinajstić information content (AvgIpc) is 2.56. The molecule has 146 valence electrons. The molecule has 0 rings (SSSR count). The summed E-state index contributed by atoms with van der Waals surface area (Å²) in [4.78, 5) is 10.4. The zero-order valence-electron chi connectivity index (χ0n) is 18.5. The second kappa shape index (κ2) is 25.5. The van der Waals surface area contributed by atoms with Crippen LogP contribution in [0.2, 0.25) is 0 Å². The molecule has 0 aliphatic carbocycles. The van der Waals surface area contributed by atoms with Crippen molar-refractivity contribution in [2.75, 3.05) is 0 Å². The van der Waals surface area contributed by atoms with Gasteiger partial charge in [-0.1, -0.05) is 122 Å². The van der Waals surface area contributed by atoms with Gasteiger partial charge in [0.15, 0.2) is 0 Å². The molecular weight excluding hydrogens is 429 g/mol. The molecule has 0 spiro atoms. The number of rotatable bonds is 20. The Morgan fingerprint density at radius 2 is 0.800 bits per heavy atom. The van der Waals surface area contributed by atoms with Crippen LogP contribution in [-0.2, 0) is 4.79 Å². The third kappa shape index (κ3) is 27.8. The van der Waals surface area contributed by atoms with Gasteiger partial charge < -0.3 is 6.53 Å². The Balaban J connectivity index is -0.00000264. The van der Waals surface area contributed by atoms with Gasteiger partial charge in [0, 0.05) is 6.42 Å². The summed E-state index contributed by atoms with van der Waals surface area (Å²) in [7, 11) is 0. The molecule has 0 amide bonds. The minimum atomic E-state index is -0.651. The average molecular weight is 475 g/mol. The number of unbranched alkanes of at least 4 members (excludes halogenated alkanes) is 18.